The molecule has 1 fully saturated rings. The Balaban J connectivity index is 1.52. The molecule has 2 aromatic carbocycles. The minimum absolute atomic E-state index is 0.00113. The summed E-state index contributed by atoms with van der Waals surface area (Å²) < 4.78 is 10.2. The summed E-state index contributed by atoms with van der Waals surface area (Å²) in [6.07, 6.45) is -0.605. The number of carbonyl (C=O) groups is 4. The summed E-state index contributed by atoms with van der Waals surface area (Å²) in [4.78, 5) is 52.9. The van der Waals surface area contributed by atoms with E-state index in [9.17, 15) is 19.2 Å². The first-order valence-corrected chi connectivity index (χ1v) is 9.53. The third-order valence-corrected chi connectivity index (χ3v) is 5.38. The number of esters is 1. The third-order valence-electron chi connectivity index (χ3n) is 5.38. The molecular formula is C22H20N2O6. The number of carbonyl (C=O) groups excluding carboxylic acids is 4. The summed E-state index contributed by atoms with van der Waals surface area (Å²) in [5.74, 6) is -1.47. The lowest BCUT2D eigenvalue weighted by atomic mass is 10.1. The largest absolute Gasteiger partial charge is 0.467 e. The van der Waals surface area contributed by atoms with Crippen LogP contribution < -0.4 is 0 Å². The molecule has 0 bridgehead atoms. The van der Waals surface area contributed by atoms with Gasteiger partial charge in [-0.3, -0.25) is 19.4 Å². The van der Waals surface area contributed by atoms with Crippen LogP contribution in [0.1, 0.15) is 32.7 Å². The van der Waals surface area contributed by atoms with Crippen LogP contribution in [0, 0.1) is 0 Å². The number of hydrogen-bond donors (Lipinski definition) is 0. The Bertz CT molecular complexity index is 971. The van der Waals surface area contributed by atoms with Gasteiger partial charge in [0.05, 0.1) is 24.3 Å². The standard InChI is InChI=1S/C22H20N2O6/c1-29-21(27)18-11-15(24-19(25)16-9-5-6-10-17(16)20(24)26)12-23(18)22(28)30-13-14-7-3-2-4-8-14/h2-10,15,18H,11-13H2,1H3/t15-,18+/m1/s1. The van der Waals surface area contributed by atoms with Crippen LogP contribution in [0.3, 0.4) is 0 Å². The van der Waals surface area contributed by atoms with E-state index in [0.29, 0.717) is 11.1 Å². The summed E-state index contributed by atoms with van der Waals surface area (Å²) >= 11 is 0. The fraction of sp³-hybridized carbons (Fsp3) is 0.273. The van der Waals surface area contributed by atoms with Crippen LogP contribution in [-0.2, 0) is 20.9 Å². The molecule has 0 aliphatic carbocycles. The SMILES string of the molecule is COC(=O)[C@@H]1C[C@@H](N2C(=O)c3ccccc3C2=O)CN1C(=O)OCc1ccccc1. The third kappa shape index (κ3) is 3.41. The van der Waals surface area contributed by atoms with Gasteiger partial charge < -0.3 is 9.47 Å². The normalized spacial score (nSPS) is 20.3. The molecule has 4 rings (SSSR count). The van der Waals surface area contributed by atoms with E-state index in [1.165, 1.54) is 12.0 Å². The number of nitrogens with zero attached hydrogens (tertiary/aromatic N) is 2. The average molecular weight is 408 g/mol. The van der Waals surface area contributed by atoms with Gasteiger partial charge in [-0.15, -0.1) is 0 Å². The first-order chi connectivity index (χ1) is 14.5. The zero-order valence-corrected chi connectivity index (χ0v) is 16.3. The van der Waals surface area contributed by atoms with Gasteiger partial charge in [-0.05, 0) is 17.7 Å². The van der Waals surface area contributed by atoms with Crippen LogP contribution in [-0.4, -0.2) is 59.4 Å². The van der Waals surface area contributed by atoms with Crippen molar-refractivity contribution in [1.29, 1.82) is 0 Å². The molecule has 2 aliphatic heterocycles. The van der Waals surface area contributed by atoms with Crippen molar-refractivity contribution in [3.8, 4) is 0 Å². The predicted molar refractivity (Wildman–Crippen MR) is 104 cm³/mol. The van der Waals surface area contributed by atoms with Crippen molar-refractivity contribution in [1.82, 2.24) is 9.80 Å². The number of methoxy groups -OCH3 is 1. The Morgan fingerprint density at radius 1 is 0.967 bits per heavy atom. The van der Waals surface area contributed by atoms with Gasteiger partial charge in [-0.25, -0.2) is 9.59 Å². The molecule has 0 saturated carbocycles. The highest BCUT2D eigenvalue weighted by atomic mass is 16.6. The van der Waals surface area contributed by atoms with Crippen molar-refractivity contribution in [3.05, 3.63) is 71.3 Å². The Morgan fingerprint density at radius 2 is 1.57 bits per heavy atom. The van der Waals surface area contributed by atoms with Gasteiger partial charge in [0, 0.05) is 13.0 Å². The summed E-state index contributed by atoms with van der Waals surface area (Å²) in [5.41, 5.74) is 1.45. The van der Waals surface area contributed by atoms with E-state index in [2.05, 4.69) is 0 Å². The topological polar surface area (TPSA) is 93.2 Å². The molecule has 0 unspecified atom stereocenters. The van der Waals surface area contributed by atoms with E-state index >= 15 is 0 Å². The second-order valence-corrected chi connectivity index (χ2v) is 7.15. The van der Waals surface area contributed by atoms with Crippen molar-refractivity contribution < 1.29 is 28.7 Å². The summed E-state index contributed by atoms with van der Waals surface area (Å²) in [5, 5.41) is 0. The fourth-order valence-corrected chi connectivity index (χ4v) is 3.90. The maximum absolute atomic E-state index is 12.8. The molecule has 0 radical (unpaired) electrons. The minimum atomic E-state index is -0.937. The lowest BCUT2D eigenvalue weighted by Gasteiger charge is -2.23. The first kappa shape index (κ1) is 19.6. The zero-order chi connectivity index (χ0) is 21.3. The monoisotopic (exact) mass is 408 g/mol. The van der Waals surface area contributed by atoms with Gasteiger partial charge in [-0.1, -0.05) is 42.5 Å². The zero-order valence-electron chi connectivity index (χ0n) is 16.3. The van der Waals surface area contributed by atoms with Gasteiger partial charge in [0.25, 0.3) is 11.8 Å². The summed E-state index contributed by atoms with van der Waals surface area (Å²) in [6.45, 7) is 0.0423. The molecular weight excluding hydrogens is 388 g/mol. The predicted octanol–water partition coefficient (Wildman–Crippen LogP) is 2.24. The molecule has 154 valence electrons. The number of benzene rings is 2. The number of hydrogen-bond acceptors (Lipinski definition) is 6. The molecule has 30 heavy (non-hydrogen) atoms. The number of ether oxygens (including phenoxy) is 2. The number of amides is 3. The first-order valence-electron chi connectivity index (χ1n) is 9.53. The van der Waals surface area contributed by atoms with Crippen molar-refractivity contribution in [2.24, 2.45) is 0 Å². The quantitative estimate of drug-likeness (QED) is 0.569. The highest BCUT2D eigenvalue weighted by molar-refractivity contribution is 6.21. The van der Waals surface area contributed by atoms with Crippen LogP contribution in [0.2, 0.25) is 0 Å². The second-order valence-electron chi connectivity index (χ2n) is 7.15. The van der Waals surface area contributed by atoms with Crippen molar-refractivity contribution in [2.45, 2.75) is 25.1 Å². The Morgan fingerprint density at radius 3 is 2.17 bits per heavy atom. The molecule has 2 aliphatic rings. The molecule has 2 aromatic rings. The Labute approximate surface area is 173 Å². The lowest BCUT2D eigenvalue weighted by molar-refractivity contribution is -0.145. The average Bonchev–Trinajstić information content (AvgIpc) is 3.32. The van der Waals surface area contributed by atoms with E-state index in [-0.39, 0.29) is 19.6 Å². The number of imide groups is 1. The number of rotatable bonds is 4. The molecule has 8 heteroatoms. The van der Waals surface area contributed by atoms with Gasteiger partial charge in [0.15, 0.2) is 0 Å². The Kier molecular flexibility index (Phi) is 5.22. The fourth-order valence-electron chi connectivity index (χ4n) is 3.90. The molecule has 1 saturated heterocycles. The maximum Gasteiger partial charge on any atom is 0.410 e. The van der Waals surface area contributed by atoms with Crippen LogP contribution in [0.25, 0.3) is 0 Å². The van der Waals surface area contributed by atoms with Crippen molar-refractivity contribution in [2.75, 3.05) is 13.7 Å². The van der Waals surface area contributed by atoms with Gasteiger partial charge in [0.2, 0.25) is 0 Å². The van der Waals surface area contributed by atoms with Crippen LogP contribution in [0.15, 0.2) is 54.6 Å². The molecule has 0 aromatic heterocycles. The van der Waals surface area contributed by atoms with Crippen molar-refractivity contribution in [3.63, 3.8) is 0 Å². The second kappa shape index (κ2) is 7.98. The summed E-state index contributed by atoms with van der Waals surface area (Å²) in [7, 11) is 1.23. The molecule has 3 amide bonds. The minimum Gasteiger partial charge on any atom is -0.467 e. The van der Waals surface area contributed by atoms with Crippen molar-refractivity contribution >= 4 is 23.9 Å². The highest BCUT2D eigenvalue weighted by Gasteiger charge is 2.49. The molecule has 2 heterocycles. The number of fused-ring (bicyclic) bond motifs is 1. The molecule has 8 nitrogen and oxygen atoms in total. The van der Waals surface area contributed by atoms with E-state index in [0.717, 1.165) is 10.5 Å². The van der Waals surface area contributed by atoms with Gasteiger partial charge >= 0.3 is 12.1 Å². The van der Waals surface area contributed by atoms with Crippen LogP contribution in [0.5, 0.6) is 0 Å². The van der Waals surface area contributed by atoms with Crippen LogP contribution in [0.4, 0.5) is 4.79 Å². The van der Waals surface area contributed by atoms with E-state index in [4.69, 9.17) is 9.47 Å². The smallest absolute Gasteiger partial charge is 0.410 e. The van der Waals surface area contributed by atoms with E-state index in [1.807, 2.05) is 30.3 Å². The van der Waals surface area contributed by atoms with Gasteiger partial charge in [0.1, 0.15) is 12.6 Å². The molecule has 2 atom stereocenters. The van der Waals surface area contributed by atoms with Gasteiger partial charge in [-0.2, -0.15) is 0 Å². The Hall–Kier alpha value is -3.68. The van der Waals surface area contributed by atoms with E-state index in [1.54, 1.807) is 24.3 Å². The number of likely N-dealkylation sites (tertiary alicyclic amines) is 1. The lowest BCUT2D eigenvalue weighted by Crippen LogP contribution is -2.43. The summed E-state index contributed by atoms with van der Waals surface area (Å²) in [6, 6.07) is 14.1. The maximum atomic E-state index is 12.8. The van der Waals surface area contributed by atoms with E-state index < -0.39 is 36.0 Å². The molecule has 0 N–H and O–H groups in total. The molecule has 0 spiro atoms. The highest BCUT2D eigenvalue weighted by Crippen LogP contribution is 2.31. The van der Waals surface area contributed by atoms with Crippen LogP contribution >= 0.6 is 0 Å².